The van der Waals surface area contributed by atoms with E-state index in [-0.39, 0.29) is 19.0 Å². The number of carbonyl (C=O) groups is 1. The molecule has 1 saturated carbocycles. The van der Waals surface area contributed by atoms with Crippen molar-refractivity contribution < 1.29 is 18.1 Å². The number of amides is 1. The first kappa shape index (κ1) is 16.1. The van der Waals surface area contributed by atoms with Gasteiger partial charge in [-0.1, -0.05) is 0 Å². The predicted molar refractivity (Wildman–Crippen MR) is 73.7 cm³/mol. The van der Waals surface area contributed by atoms with E-state index in [2.05, 4.69) is 5.32 Å². The van der Waals surface area contributed by atoms with Gasteiger partial charge in [-0.15, -0.1) is 0 Å². The van der Waals surface area contributed by atoms with Crippen molar-refractivity contribution in [2.75, 3.05) is 6.54 Å². The second kappa shape index (κ2) is 7.56. The first-order valence-corrected chi connectivity index (χ1v) is 6.77. The molecule has 0 aromatic carbocycles. The monoisotopic (exact) mass is 373 g/mol. The van der Waals surface area contributed by atoms with Crippen molar-refractivity contribution in [3.8, 4) is 0 Å². The Labute approximate surface area is 120 Å². The summed E-state index contributed by atoms with van der Waals surface area (Å²) in [6.45, 7) is 0.230. The molecule has 18 heavy (non-hydrogen) atoms. The Balaban J connectivity index is 2.59. The molecule has 1 aliphatic carbocycles. The summed E-state index contributed by atoms with van der Waals surface area (Å²) in [5.74, 6) is -0.509. The summed E-state index contributed by atoms with van der Waals surface area (Å²) in [4.78, 5) is 11.7. The zero-order valence-corrected chi connectivity index (χ0v) is 12.1. The molecule has 0 saturated heterocycles. The summed E-state index contributed by atoms with van der Waals surface area (Å²) in [5.41, 5.74) is 11.1. The van der Waals surface area contributed by atoms with Gasteiger partial charge >= 0.3 is 0 Å². The van der Waals surface area contributed by atoms with Crippen molar-refractivity contribution in [3.05, 3.63) is 0 Å². The molecule has 1 fully saturated rings. The highest BCUT2D eigenvalue weighted by molar-refractivity contribution is 14.1. The molecule has 5 atom stereocenters. The molecule has 1 rings (SSSR count). The summed E-state index contributed by atoms with van der Waals surface area (Å²) in [6.07, 6.45) is -1.23. The van der Waals surface area contributed by atoms with Crippen LogP contribution in [0.1, 0.15) is 19.3 Å². The van der Waals surface area contributed by atoms with Gasteiger partial charge in [0.2, 0.25) is 5.91 Å². The number of halogens is 1. The second-order valence-electron chi connectivity index (χ2n) is 4.56. The SMILES string of the molecule is NCC[C@H](O)C(=O)N[C@@H]1C[C@H](N)C[C@H](O)[C@H]1OI. The van der Waals surface area contributed by atoms with Crippen LogP contribution in [0.15, 0.2) is 0 Å². The van der Waals surface area contributed by atoms with Crippen LogP contribution in [-0.2, 0) is 7.86 Å². The smallest absolute Gasteiger partial charge is 0.249 e. The third-order valence-corrected chi connectivity index (χ3v) is 3.64. The van der Waals surface area contributed by atoms with Crippen LogP contribution in [0.25, 0.3) is 0 Å². The maximum Gasteiger partial charge on any atom is 0.249 e. The minimum atomic E-state index is -1.14. The van der Waals surface area contributed by atoms with Gasteiger partial charge in [-0.2, -0.15) is 0 Å². The molecule has 8 heteroatoms. The van der Waals surface area contributed by atoms with Gasteiger partial charge in [0, 0.05) is 6.04 Å². The molecule has 0 aromatic rings. The number of aliphatic hydroxyl groups excluding tert-OH is 2. The molecule has 0 radical (unpaired) electrons. The van der Waals surface area contributed by atoms with E-state index in [0.29, 0.717) is 12.8 Å². The van der Waals surface area contributed by atoms with E-state index in [1.165, 1.54) is 0 Å². The van der Waals surface area contributed by atoms with E-state index < -0.39 is 30.3 Å². The lowest BCUT2D eigenvalue weighted by Crippen LogP contribution is -2.57. The van der Waals surface area contributed by atoms with Gasteiger partial charge in [0.1, 0.15) is 35.2 Å². The predicted octanol–water partition coefficient (Wildman–Crippen LogP) is -1.60. The molecule has 0 unspecified atom stereocenters. The van der Waals surface area contributed by atoms with Crippen molar-refractivity contribution >= 4 is 28.9 Å². The Hall–Kier alpha value is -0.000000000000000222. The summed E-state index contributed by atoms with van der Waals surface area (Å²) in [5, 5.41) is 22.0. The Morgan fingerprint density at radius 1 is 1.56 bits per heavy atom. The van der Waals surface area contributed by atoms with Crippen LogP contribution in [0.4, 0.5) is 0 Å². The van der Waals surface area contributed by atoms with Gasteiger partial charge in [-0.3, -0.25) is 4.79 Å². The van der Waals surface area contributed by atoms with E-state index in [4.69, 9.17) is 14.5 Å². The van der Waals surface area contributed by atoms with Crippen LogP contribution in [0.2, 0.25) is 0 Å². The van der Waals surface area contributed by atoms with E-state index in [1.54, 1.807) is 23.0 Å². The van der Waals surface area contributed by atoms with Crippen molar-refractivity contribution in [1.82, 2.24) is 5.32 Å². The van der Waals surface area contributed by atoms with Gasteiger partial charge in [-0.05, 0) is 25.8 Å². The Morgan fingerprint density at radius 2 is 2.22 bits per heavy atom. The van der Waals surface area contributed by atoms with Gasteiger partial charge in [0.25, 0.3) is 0 Å². The van der Waals surface area contributed by atoms with Gasteiger partial charge < -0.3 is 30.1 Å². The highest BCUT2D eigenvalue weighted by atomic mass is 127. The van der Waals surface area contributed by atoms with Gasteiger partial charge in [0.15, 0.2) is 0 Å². The topological polar surface area (TPSA) is 131 Å². The molecule has 1 amide bonds. The fourth-order valence-electron chi connectivity index (χ4n) is 2.10. The average molecular weight is 373 g/mol. The normalized spacial score (nSPS) is 34.1. The third-order valence-electron chi connectivity index (χ3n) is 3.05. The summed E-state index contributed by atoms with van der Waals surface area (Å²) in [7, 11) is 0. The lowest BCUT2D eigenvalue weighted by molar-refractivity contribution is -0.132. The summed E-state index contributed by atoms with van der Waals surface area (Å²) < 4.78 is 5.15. The molecule has 0 heterocycles. The van der Waals surface area contributed by atoms with Crippen LogP contribution in [0.5, 0.6) is 0 Å². The van der Waals surface area contributed by atoms with Crippen molar-refractivity contribution in [2.24, 2.45) is 11.5 Å². The van der Waals surface area contributed by atoms with Crippen molar-refractivity contribution in [2.45, 2.75) is 49.7 Å². The minimum absolute atomic E-state index is 0.195. The molecule has 0 aromatic heterocycles. The van der Waals surface area contributed by atoms with Crippen LogP contribution in [0.3, 0.4) is 0 Å². The Morgan fingerprint density at radius 3 is 2.78 bits per heavy atom. The maximum absolute atomic E-state index is 11.7. The lowest BCUT2D eigenvalue weighted by atomic mass is 9.86. The Kier molecular flexibility index (Phi) is 6.74. The fraction of sp³-hybridized carbons (Fsp3) is 0.900. The van der Waals surface area contributed by atoms with E-state index in [1.807, 2.05) is 0 Å². The first-order valence-electron chi connectivity index (χ1n) is 5.89. The van der Waals surface area contributed by atoms with E-state index in [9.17, 15) is 15.0 Å². The fourth-order valence-corrected chi connectivity index (χ4v) is 2.79. The summed E-state index contributed by atoms with van der Waals surface area (Å²) >= 11 is 1.69. The second-order valence-corrected chi connectivity index (χ2v) is 5.07. The quantitative estimate of drug-likeness (QED) is 0.369. The van der Waals surface area contributed by atoms with Crippen LogP contribution >= 0.6 is 23.0 Å². The standard InChI is InChI=1S/C10H20IN3O4/c11-18-9-6(3-5(13)4-8(9)16)14-10(17)7(15)1-2-12/h5-9,15-16H,1-4,12-13H2,(H,14,17)/t5-,6+,7-,8-,9-/m0/s1. The molecule has 1 aliphatic rings. The van der Waals surface area contributed by atoms with Crippen LogP contribution in [-0.4, -0.2) is 53.1 Å². The first-order chi connectivity index (χ1) is 8.49. The molecule has 0 aliphatic heterocycles. The zero-order valence-electron chi connectivity index (χ0n) is 9.96. The van der Waals surface area contributed by atoms with Crippen LogP contribution < -0.4 is 16.8 Å². The number of nitrogens with one attached hydrogen (secondary N) is 1. The Bertz CT molecular complexity index is 282. The largest absolute Gasteiger partial charge is 0.390 e. The van der Waals surface area contributed by atoms with Gasteiger partial charge in [-0.25, -0.2) is 0 Å². The zero-order chi connectivity index (χ0) is 13.7. The number of nitrogens with two attached hydrogens (primary N) is 2. The lowest BCUT2D eigenvalue weighted by Gasteiger charge is -2.37. The molecule has 0 spiro atoms. The number of hydrogen-bond acceptors (Lipinski definition) is 6. The highest BCUT2D eigenvalue weighted by Crippen LogP contribution is 2.23. The van der Waals surface area contributed by atoms with Crippen molar-refractivity contribution in [1.29, 1.82) is 0 Å². The molecule has 7 nitrogen and oxygen atoms in total. The maximum atomic E-state index is 11.7. The number of aliphatic hydroxyl groups is 2. The molecule has 106 valence electrons. The van der Waals surface area contributed by atoms with Gasteiger partial charge in [0.05, 0.1) is 12.1 Å². The minimum Gasteiger partial charge on any atom is -0.390 e. The molecular formula is C10H20IN3O4. The van der Waals surface area contributed by atoms with E-state index in [0.717, 1.165) is 0 Å². The number of hydrogen-bond donors (Lipinski definition) is 5. The average Bonchev–Trinajstić information content (AvgIpc) is 2.28. The van der Waals surface area contributed by atoms with Crippen LogP contribution in [0, 0.1) is 0 Å². The molecule has 7 N–H and O–H groups in total. The summed E-state index contributed by atoms with van der Waals surface area (Å²) in [6, 6.07) is -0.597. The third kappa shape index (κ3) is 4.28. The molecule has 0 bridgehead atoms. The molecular weight excluding hydrogens is 353 g/mol. The number of carbonyl (C=O) groups excluding carboxylic acids is 1. The number of rotatable bonds is 5. The van der Waals surface area contributed by atoms with Crippen molar-refractivity contribution in [3.63, 3.8) is 0 Å². The van der Waals surface area contributed by atoms with E-state index >= 15 is 0 Å². The highest BCUT2D eigenvalue weighted by Gasteiger charge is 2.37.